The summed E-state index contributed by atoms with van der Waals surface area (Å²) in [6, 6.07) is 0. The molecule has 64 valence electrons. The van der Waals surface area contributed by atoms with E-state index in [1.807, 2.05) is 0 Å². The summed E-state index contributed by atoms with van der Waals surface area (Å²) in [5, 5.41) is 3.42. The molecule has 1 saturated heterocycles. The zero-order chi connectivity index (χ0) is 7.73. The van der Waals surface area contributed by atoms with Crippen LogP contribution in [0.5, 0.6) is 0 Å². The first-order valence-corrected chi connectivity index (χ1v) is 4.76. The Bertz CT molecular complexity index is 140. The lowest BCUT2D eigenvalue weighted by Gasteiger charge is -2.21. The van der Waals surface area contributed by atoms with E-state index < -0.39 is 0 Å². The number of ether oxygens (including phenoxy) is 1. The van der Waals surface area contributed by atoms with Gasteiger partial charge in [0.2, 0.25) is 0 Å². The van der Waals surface area contributed by atoms with Gasteiger partial charge in [0.1, 0.15) is 6.23 Å². The molecule has 0 aromatic heterocycles. The Morgan fingerprint density at radius 2 is 2.18 bits per heavy atom. The molecule has 0 radical (unpaired) electrons. The highest BCUT2D eigenvalue weighted by Crippen LogP contribution is 2.36. The molecule has 0 aromatic rings. The first-order valence-electron chi connectivity index (χ1n) is 4.76. The Labute approximate surface area is 68.3 Å². The molecule has 11 heavy (non-hydrogen) atoms. The van der Waals surface area contributed by atoms with Crippen molar-refractivity contribution < 1.29 is 4.74 Å². The topological polar surface area (TPSA) is 21.3 Å². The Hall–Kier alpha value is -0.0800. The van der Waals surface area contributed by atoms with Crippen LogP contribution in [-0.4, -0.2) is 18.4 Å². The van der Waals surface area contributed by atoms with Crippen LogP contribution in [0.4, 0.5) is 0 Å². The Kier molecular flexibility index (Phi) is 1.90. The molecule has 2 heteroatoms. The molecule has 1 unspecified atom stereocenters. The van der Waals surface area contributed by atoms with E-state index in [1.165, 1.54) is 25.7 Å². The van der Waals surface area contributed by atoms with Gasteiger partial charge in [-0.1, -0.05) is 19.8 Å². The van der Waals surface area contributed by atoms with Gasteiger partial charge >= 0.3 is 0 Å². The quantitative estimate of drug-likeness (QED) is 0.621. The van der Waals surface area contributed by atoms with Crippen molar-refractivity contribution in [3.8, 4) is 0 Å². The highest BCUT2D eigenvalue weighted by Gasteiger charge is 2.41. The molecule has 1 N–H and O–H groups in total. The fraction of sp³-hybridized carbons (Fsp3) is 1.00. The molecule has 1 aliphatic heterocycles. The van der Waals surface area contributed by atoms with Gasteiger partial charge in [-0.05, 0) is 19.3 Å². The van der Waals surface area contributed by atoms with Gasteiger partial charge in [0.25, 0.3) is 0 Å². The van der Waals surface area contributed by atoms with E-state index in [4.69, 9.17) is 4.74 Å². The van der Waals surface area contributed by atoms with Crippen LogP contribution in [0.15, 0.2) is 0 Å². The van der Waals surface area contributed by atoms with Crippen molar-refractivity contribution in [3.05, 3.63) is 0 Å². The minimum Gasteiger partial charge on any atom is -0.356 e. The molecule has 2 fully saturated rings. The van der Waals surface area contributed by atoms with Crippen LogP contribution in [0.3, 0.4) is 0 Å². The highest BCUT2D eigenvalue weighted by atomic mass is 16.5. The monoisotopic (exact) mass is 155 g/mol. The second-order valence-corrected chi connectivity index (χ2v) is 3.79. The zero-order valence-corrected chi connectivity index (χ0v) is 7.23. The van der Waals surface area contributed by atoms with E-state index in [2.05, 4.69) is 12.2 Å². The van der Waals surface area contributed by atoms with Crippen LogP contribution in [-0.2, 0) is 4.74 Å². The summed E-state index contributed by atoms with van der Waals surface area (Å²) in [5.74, 6) is 0. The minimum absolute atomic E-state index is 0.251. The molecule has 1 aliphatic carbocycles. The number of rotatable bonds is 1. The van der Waals surface area contributed by atoms with Crippen LogP contribution >= 0.6 is 0 Å². The average molecular weight is 155 g/mol. The second-order valence-electron chi connectivity index (χ2n) is 3.79. The van der Waals surface area contributed by atoms with Gasteiger partial charge in [-0.25, -0.2) is 0 Å². The lowest BCUT2D eigenvalue weighted by Crippen LogP contribution is -2.28. The first-order chi connectivity index (χ1) is 5.35. The van der Waals surface area contributed by atoms with Crippen LogP contribution in [0.25, 0.3) is 0 Å². The predicted molar refractivity (Wildman–Crippen MR) is 44.4 cm³/mol. The third-order valence-electron chi connectivity index (χ3n) is 2.93. The summed E-state index contributed by atoms with van der Waals surface area (Å²) in [5.41, 5.74) is 0.251. The van der Waals surface area contributed by atoms with Gasteiger partial charge in [0, 0.05) is 6.54 Å². The largest absolute Gasteiger partial charge is 0.356 e. The normalized spacial score (nSPS) is 35.2. The van der Waals surface area contributed by atoms with Crippen molar-refractivity contribution in [2.24, 2.45) is 0 Å². The highest BCUT2D eigenvalue weighted by molar-refractivity contribution is 4.93. The number of nitrogens with one attached hydrogen (secondary N) is 1. The van der Waals surface area contributed by atoms with Gasteiger partial charge in [-0.2, -0.15) is 0 Å². The van der Waals surface area contributed by atoms with Crippen LogP contribution in [0.1, 0.15) is 39.0 Å². The number of hydrogen-bond donors (Lipinski definition) is 1. The summed E-state index contributed by atoms with van der Waals surface area (Å²) < 4.78 is 5.95. The Morgan fingerprint density at radius 1 is 1.45 bits per heavy atom. The maximum absolute atomic E-state index is 5.95. The maximum atomic E-state index is 5.95. The third kappa shape index (κ3) is 1.30. The predicted octanol–water partition coefficient (Wildman–Crippen LogP) is 1.66. The van der Waals surface area contributed by atoms with E-state index >= 15 is 0 Å². The molecule has 2 nitrogen and oxygen atoms in total. The molecule has 0 amide bonds. The molecular weight excluding hydrogens is 138 g/mol. The Morgan fingerprint density at radius 3 is 2.73 bits per heavy atom. The third-order valence-corrected chi connectivity index (χ3v) is 2.93. The summed E-state index contributed by atoms with van der Waals surface area (Å²) >= 11 is 0. The minimum atomic E-state index is 0.251. The van der Waals surface area contributed by atoms with Crippen molar-refractivity contribution in [2.75, 3.05) is 6.54 Å². The summed E-state index contributed by atoms with van der Waals surface area (Å²) in [6.45, 7) is 3.26. The zero-order valence-electron chi connectivity index (χ0n) is 7.23. The molecule has 1 heterocycles. The summed E-state index contributed by atoms with van der Waals surface area (Å²) in [6.07, 6.45) is 6.71. The van der Waals surface area contributed by atoms with Crippen molar-refractivity contribution in [1.29, 1.82) is 0 Å². The van der Waals surface area contributed by atoms with E-state index in [0.29, 0.717) is 6.23 Å². The maximum Gasteiger partial charge on any atom is 0.108 e. The molecule has 1 saturated carbocycles. The molecule has 0 aromatic carbocycles. The molecular formula is C9H17NO. The molecule has 2 rings (SSSR count). The molecule has 0 bridgehead atoms. The van der Waals surface area contributed by atoms with Crippen LogP contribution < -0.4 is 5.32 Å². The lowest BCUT2D eigenvalue weighted by molar-refractivity contribution is -0.0350. The van der Waals surface area contributed by atoms with Crippen molar-refractivity contribution >= 4 is 0 Å². The van der Waals surface area contributed by atoms with E-state index in [0.717, 1.165) is 13.0 Å². The van der Waals surface area contributed by atoms with Crippen LogP contribution in [0.2, 0.25) is 0 Å². The molecule has 1 spiro atoms. The van der Waals surface area contributed by atoms with E-state index in [9.17, 15) is 0 Å². The van der Waals surface area contributed by atoms with Crippen molar-refractivity contribution in [1.82, 2.24) is 5.32 Å². The molecule has 1 atom stereocenters. The fourth-order valence-corrected chi connectivity index (χ4v) is 2.23. The van der Waals surface area contributed by atoms with Gasteiger partial charge < -0.3 is 4.74 Å². The standard InChI is InChI=1S/C9H17NO/c1-2-8-10-7-9(11-8)5-3-4-6-9/h8,10H,2-7H2,1H3. The first kappa shape index (κ1) is 7.56. The van der Waals surface area contributed by atoms with Gasteiger partial charge in [-0.3, -0.25) is 5.32 Å². The summed E-state index contributed by atoms with van der Waals surface area (Å²) in [7, 11) is 0. The second kappa shape index (κ2) is 2.76. The Balaban J connectivity index is 1.96. The smallest absolute Gasteiger partial charge is 0.108 e. The van der Waals surface area contributed by atoms with Crippen molar-refractivity contribution in [2.45, 2.75) is 50.9 Å². The van der Waals surface area contributed by atoms with Gasteiger partial charge in [0.15, 0.2) is 0 Å². The van der Waals surface area contributed by atoms with Gasteiger partial charge in [0.05, 0.1) is 5.60 Å². The number of hydrogen-bond acceptors (Lipinski definition) is 2. The molecule has 2 aliphatic rings. The van der Waals surface area contributed by atoms with E-state index in [1.54, 1.807) is 0 Å². The lowest BCUT2D eigenvalue weighted by atomic mass is 10.0. The van der Waals surface area contributed by atoms with E-state index in [-0.39, 0.29) is 5.60 Å². The van der Waals surface area contributed by atoms with Crippen molar-refractivity contribution in [3.63, 3.8) is 0 Å². The van der Waals surface area contributed by atoms with Crippen LogP contribution in [0, 0.1) is 0 Å². The SMILES string of the molecule is CCC1NCC2(CCCC2)O1. The fourth-order valence-electron chi connectivity index (χ4n) is 2.23. The average Bonchev–Trinajstić information content (AvgIpc) is 2.62. The summed E-state index contributed by atoms with van der Waals surface area (Å²) in [4.78, 5) is 0. The van der Waals surface area contributed by atoms with Gasteiger partial charge in [-0.15, -0.1) is 0 Å².